The van der Waals surface area contributed by atoms with Gasteiger partial charge in [0.15, 0.2) is 17.3 Å². The second-order valence-electron chi connectivity index (χ2n) is 4.70. The second kappa shape index (κ2) is 4.28. The van der Waals surface area contributed by atoms with Crippen molar-refractivity contribution in [3.05, 3.63) is 53.3 Å². The van der Waals surface area contributed by atoms with Crippen LogP contribution in [0.2, 0.25) is 0 Å². The summed E-state index contributed by atoms with van der Waals surface area (Å²) < 4.78 is 16.0. The Kier molecular flexibility index (Phi) is 2.41. The van der Waals surface area contributed by atoms with Gasteiger partial charge in [-0.05, 0) is 24.3 Å². The Labute approximate surface area is 120 Å². The van der Waals surface area contributed by atoms with E-state index in [0.717, 1.165) is 0 Å². The van der Waals surface area contributed by atoms with Gasteiger partial charge in [0.2, 0.25) is 12.6 Å². The van der Waals surface area contributed by atoms with Gasteiger partial charge in [-0.3, -0.25) is 4.79 Å². The summed E-state index contributed by atoms with van der Waals surface area (Å²) in [4.78, 5) is 12.2. The Balaban J connectivity index is 1.75. The largest absolute Gasteiger partial charge is 0.507 e. The van der Waals surface area contributed by atoms with Gasteiger partial charge in [-0.2, -0.15) is 0 Å². The lowest BCUT2D eigenvalue weighted by Crippen LogP contribution is -1.98. The number of benzene rings is 2. The highest BCUT2D eigenvalue weighted by Gasteiger charge is 2.27. The lowest BCUT2D eigenvalue weighted by Gasteiger charge is -2.03. The molecule has 5 nitrogen and oxygen atoms in total. The highest BCUT2D eigenvalue weighted by atomic mass is 16.7. The Morgan fingerprint density at radius 3 is 2.62 bits per heavy atom. The molecule has 0 bridgehead atoms. The quantitative estimate of drug-likeness (QED) is 0.815. The number of aromatic hydroxyl groups is 1. The maximum atomic E-state index is 12.2. The smallest absolute Gasteiger partial charge is 0.231 e. The van der Waals surface area contributed by atoms with Crippen LogP contribution in [0, 0.1) is 0 Å². The van der Waals surface area contributed by atoms with Gasteiger partial charge in [-0.15, -0.1) is 0 Å². The summed E-state index contributed by atoms with van der Waals surface area (Å²) in [5.41, 5.74) is 0.958. The number of hydrogen-bond donors (Lipinski definition) is 1. The highest BCUT2D eigenvalue weighted by molar-refractivity contribution is 6.14. The van der Waals surface area contributed by atoms with Gasteiger partial charge in [0.05, 0.1) is 5.56 Å². The van der Waals surface area contributed by atoms with Crippen LogP contribution in [-0.2, 0) is 0 Å². The zero-order valence-electron chi connectivity index (χ0n) is 10.8. The summed E-state index contributed by atoms with van der Waals surface area (Å²) in [6, 6.07) is 10.1. The monoisotopic (exact) mass is 282 g/mol. The Morgan fingerprint density at radius 2 is 1.81 bits per heavy atom. The van der Waals surface area contributed by atoms with Crippen molar-refractivity contribution in [3.8, 4) is 23.0 Å². The van der Waals surface area contributed by atoms with Crippen LogP contribution in [0.25, 0.3) is 6.08 Å². The summed E-state index contributed by atoms with van der Waals surface area (Å²) in [7, 11) is 0. The van der Waals surface area contributed by atoms with E-state index in [1.807, 2.05) is 0 Å². The summed E-state index contributed by atoms with van der Waals surface area (Å²) >= 11 is 0. The van der Waals surface area contributed by atoms with Crippen molar-refractivity contribution < 1.29 is 24.1 Å². The molecule has 4 rings (SSSR count). The van der Waals surface area contributed by atoms with Crippen LogP contribution >= 0.6 is 0 Å². The molecule has 0 unspecified atom stereocenters. The van der Waals surface area contributed by atoms with Crippen LogP contribution < -0.4 is 14.2 Å². The maximum absolute atomic E-state index is 12.2. The van der Waals surface area contributed by atoms with E-state index in [1.165, 1.54) is 12.1 Å². The molecule has 0 saturated carbocycles. The molecule has 2 aromatic rings. The molecule has 0 atom stereocenters. The van der Waals surface area contributed by atoms with Gasteiger partial charge in [-0.25, -0.2) is 0 Å². The van der Waals surface area contributed by atoms with Gasteiger partial charge in [0.25, 0.3) is 0 Å². The minimum Gasteiger partial charge on any atom is -0.507 e. The molecule has 1 N–H and O–H groups in total. The van der Waals surface area contributed by atoms with Crippen LogP contribution in [0.4, 0.5) is 0 Å². The third kappa shape index (κ3) is 1.82. The van der Waals surface area contributed by atoms with Crippen molar-refractivity contribution in [2.75, 3.05) is 6.79 Å². The van der Waals surface area contributed by atoms with E-state index in [2.05, 4.69) is 0 Å². The first kappa shape index (κ1) is 11.8. The molecule has 0 spiro atoms. The van der Waals surface area contributed by atoms with Crippen LogP contribution in [0.3, 0.4) is 0 Å². The average Bonchev–Trinajstić information content (AvgIpc) is 3.05. The fourth-order valence-corrected chi connectivity index (χ4v) is 2.34. The van der Waals surface area contributed by atoms with E-state index in [4.69, 9.17) is 14.2 Å². The Bertz CT molecular complexity index is 791. The number of allylic oxidation sites excluding steroid dienone is 1. The third-order valence-electron chi connectivity index (χ3n) is 3.38. The standard InChI is InChI=1S/C16H10O5/c17-11-7-14-13(19-8-20-14)5-9(11)6-15-16(18)10-3-1-2-4-12(10)21-15/h1-7,17H,8H2. The van der Waals surface area contributed by atoms with Crippen molar-refractivity contribution in [1.29, 1.82) is 0 Å². The fourth-order valence-electron chi connectivity index (χ4n) is 2.34. The summed E-state index contributed by atoms with van der Waals surface area (Å²) in [6.07, 6.45) is 1.50. The van der Waals surface area contributed by atoms with Crippen LogP contribution in [0.1, 0.15) is 15.9 Å². The Morgan fingerprint density at radius 1 is 1.05 bits per heavy atom. The van der Waals surface area contributed by atoms with E-state index in [-0.39, 0.29) is 24.1 Å². The van der Waals surface area contributed by atoms with Gasteiger partial charge >= 0.3 is 0 Å². The molecule has 104 valence electrons. The van der Waals surface area contributed by atoms with E-state index in [0.29, 0.717) is 28.4 Å². The van der Waals surface area contributed by atoms with Crippen molar-refractivity contribution in [1.82, 2.24) is 0 Å². The normalized spacial score (nSPS) is 17.0. The molecule has 0 aliphatic carbocycles. The number of ether oxygens (including phenoxy) is 3. The molecular formula is C16H10O5. The lowest BCUT2D eigenvalue weighted by atomic mass is 10.1. The first-order valence-electron chi connectivity index (χ1n) is 6.38. The predicted molar refractivity (Wildman–Crippen MR) is 73.6 cm³/mol. The molecule has 0 radical (unpaired) electrons. The minimum atomic E-state index is -0.206. The third-order valence-corrected chi connectivity index (χ3v) is 3.38. The number of ketones is 1. The molecule has 2 aliphatic heterocycles. The van der Waals surface area contributed by atoms with E-state index in [1.54, 1.807) is 30.3 Å². The molecule has 0 fully saturated rings. The number of rotatable bonds is 1. The highest BCUT2D eigenvalue weighted by Crippen LogP contribution is 2.39. The molecule has 2 aromatic carbocycles. The number of Topliss-reactive ketones (excluding diaryl/α,β-unsaturated/α-hetero) is 1. The molecule has 5 heteroatoms. The molecule has 2 heterocycles. The van der Waals surface area contributed by atoms with Gasteiger partial charge < -0.3 is 19.3 Å². The number of phenolic OH excluding ortho intramolecular Hbond substituents is 1. The van der Waals surface area contributed by atoms with Gasteiger partial charge in [-0.1, -0.05) is 12.1 Å². The van der Waals surface area contributed by atoms with Gasteiger partial charge in [0, 0.05) is 11.6 Å². The maximum Gasteiger partial charge on any atom is 0.231 e. The first-order valence-corrected chi connectivity index (χ1v) is 6.38. The zero-order chi connectivity index (χ0) is 14.4. The van der Waals surface area contributed by atoms with Crippen molar-refractivity contribution in [2.24, 2.45) is 0 Å². The minimum absolute atomic E-state index is 0.000828. The summed E-state index contributed by atoms with van der Waals surface area (Å²) in [5.74, 6) is 1.50. The van der Waals surface area contributed by atoms with Crippen LogP contribution in [-0.4, -0.2) is 17.7 Å². The van der Waals surface area contributed by atoms with Crippen molar-refractivity contribution in [3.63, 3.8) is 0 Å². The number of carbonyl (C=O) groups is 1. The number of phenols is 1. The van der Waals surface area contributed by atoms with Crippen molar-refractivity contribution in [2.45, 2.75) is 0 Å². The van der Waals surface area contributed by atoms with Crippen LogP contribution in [0.15, 0.2) is 42.2 Å². The molecule has 21 heavy (non-hydrogen) atoms. The summed E-state index contributed by atoms with van der Waals surface area (Å²) in [6.45, 7) is 0.121. The number of hydrogen-bond acceptors (Lipinski definition) is 5. The second-order valence-corrected chi connectivity index (χ2v) is 4.70. The first-order chi connectivity index (χ1) is 10.2. The Hall–Kier alpha value is -2.95. The lowest BCUT2D eigenvalue weighted by molar-refractivity contribution is 0.101. The molecule has 0 amide bonds. The van der Waals surface area contributed by atoms with Crippen LogP contribution in [0.5, 0.6) is 23.0 Å². The fraction of sp³-hybridized carbons (Fsp3) is 0.0625. The van der Waals surface area contributed by atoms with E-state index in [9.17, 15) is 9.90 Å². The van der Waals surface area contributed by atoms with Crippen molar-refractivity contribution >= 4 is 11.9 Å². The van der Waals surface area contributed by atoms with E-state index >= 15 is 0 Å². The summed E-state index contributed by atoms with van der Waals surface area (Å²) in [5, 5.41) is 9.99. The van der Waals surface area contributed by atoms with Gasteiger partial charge in [0.1, 0.15) is 11.5 Å². The number of para-hydroxylation sites is 1. The molecular weight excluding hydrogens is 272 g/mol. The molecule has 2 aliphatic rings. The average molecular weight is 282 g/mol. The zero-order valence-corrected chi connectivity index (χ0v) is 10.8. The molecule has 0 aromatic heterocycles. The molecule has 0 saturated heterocycles. The number of carbonyl (C=O) groups excluding carboxylic acids is 1. The predicted octanol–water partition coefficient (Wildman–Crippen LogP) is 2.74. The number of fused-ring (bicyclic) bond motifs is 2. The SMILES string of the molecule is O=C1C(=Cc2cc3c(cc2O)OCO3)Oc2ccccc21. The van der Waals surface area contributed by atoms with E-state index < -0.39 is 0 Å². The topological polar surface area (TPSA) is 65.0 Å².